The Hall–Kier alpha value is -1.44. The van der Waals surface area contributed by atoms with Crippen LogP contribution < -0.4 is 10.0 Å². The average molecular weight is 312 g/mol. The first kappa shape index (κ1) is 15.9. The SMILES string of the molecule is CC(O)CCC(=O)Nc1ccc(S(=O)(=O)NC2CC2)cc1. The summed E-state index contributed by atoms with van der Waals surface area (Å²) in [4.78, 5) is 11.8. The Kier molecular flexibility index (Phi) is 4.97. The minimum absolute atomic E-state index is 0.0647. The minimum Gasteiger partial charge on any atom is -0.393 e. The molecule has 0 bridgehead atoms. The summed E-state index contributed by atoms with van der Waals surface area (Å²) in [5.74, 6) is -0.206. The molecule has 1 aliphatic rings. The third-order valence-electron chi connectivity index (χ3n) is 3.14. The van der Waals surface area contributed by atoms with Gasteiger partial charge in [-0.2, -0.15) is 0 Å². The zero-order chi connectivity index (χ0) is 15.5. The maximum Gasteiger partial charge on any atom is 0.240 e. The zero-order valence-corrected chi connectivity index (χ0v) is 12.7. The van der Waals surface area contributed by atoms with Crippen molar-refractivity contribution in [2.24, 2.45) is 0 Å². The van der Waals surface area contributed by atoms with Crippen LogP contribution in [0.1, 0.15) is 32.6 Å². The van der Waals surface area contributed by atoms with Crippen molar-refractivity contribution in [3.8, 4) is 0 Å². The molecule has 0 aromatic heterocycles. The van der Waals surface area contributed by atoms with Crippen LogP contribution in [0.25, 0.3) is 0 Å². The fraction of sp³-hybridized carbons (Fsp3) is 0.500. The van der Waals surface area contributed by atoms with E-state index in [4.69, 9.17) is 5.11 Å². The van der Waals surface area contributed by atoms with Gasteiger partial charge in [0.05, 0.1) is 11.0 Å². The molecule has 1 aromatic rings. The monoisotopic (exact) mass is 312 g/mol. The van der Waals surface area contributed by atoms with Crippen molar-refractivity contribution in [2.75, 3.05) is 5.32 Å². The average Bonchev–Trinajstić information content (AvgIpc) is 3.20. The number of carbonyl (C=O) groups excluding carboxylic acids is 1. The number of carbonyl (C=O) groups is 1. The normalized spacial score (nSPS) is 16.5. The van der Waals surface area contributed by atoms with Crippen LogP contribution >= 0.6 is 0 Å². The Morgan fingerprint density at radius 1 is 1.33 bits per heavy atom. The lowest BCUT2D eigenvalue weighted by atomic mass is 10.2. The fourth-order valence-electron chi connectivity index (χ4n) is 1.77. The molecule has 0 radical (unpaired) electrons. The first-order chi connectivity index (χ1) is 9.87. The summed E-state index contributed by atoms with van der Waals surface area (Å²) in [7, 11) is -3.46. The second-order valence-electron chi connectivity index (χ2n) is 5.36. The topological polar surface area (TPSA) is 95.5 Å². The Morgan fingerprint density at radius 2 is 1.95 bits per heavy atom. The highest BCUT2D eigenvalue weighted by molar-refractivity contribution is 7.89. The highest BCUT2D eigenvalue weighted by Gasteiger charge is 2.27. The molecule has 1 saturated carbocycles. The first-order valence-corrected chi connectivity index (χ1v) is 8.45. The zero-order valence-electron chi connectivity index (χ0n) is 11.9. The summed E-state index contributed by atoms with van der Waals surface area (Å²) in [5.41, 5.74) is 0.538. The van der Waals surface area contributed by atoms with E-state index in [1.54, 1.807) is 19.1 Å². The fourth-order valence-corrected chi connectivity index (χ4v) is 3.07. The molecule has 0 aliphatic heterocycles. The maximum atomic E-state index is 12.0. The number of sulfonamides is 1. The van der Waals surface area contributed by atoms with E-state index in [1.165, 1.54) is 12.1 Å². The summed E-state index contributed by atoms with van der Waals surface area (Å²) in [6.45, 7) is 1.62. The molecule has 2 rings (SSSR count). The number of aliphatic hydroxyl groups is 1. The third kappa shape index (κ3) is 5.11. The molecular formula is C14H20N2O4S. The number of hydrogen-bond donors (Lipinski definition) is 3. The predicted octanol–water partition coefficient (Wildman–Crippen LogP) is 1.23. The predicted molar refractivity (Wildman–Crippen MR) is 79.3 cm³/mol. The molecule has 1 aliphatic carbocycles. The number of amides is 1. The van der Waals surface area contributed by atoms with Crippen molar-refractivity contribution in [1.29, 1.82) is 0 Å². The van der Waals surface area contributed by atoms with Gasteiger partial charge >= 0.3 is 0 Å². The molecule has 0 spiro atoms. The van der Waals surface area contributed by atoms with E-state index >= 15 is 0 Å². The summed E-state index contributed by atoms with van der Waals surface area (Å²) in [6, 6.07) is 6.11. The van der Waals surface area contributed by atoms with Gasteiger partial charge in [-0.25, -0.2) is 13.1 Å². The molecule has 21 heavy (non-hydrogen) atoms. The largest absolute Gasteiger partial charge is 0.393 e. The van der Waals surface area contributed by atoms with Gasteiger partial charge in [-0.1, -0.05) is 0 Å². The summed E-state index contributed by atoms with van der Waals surface area (Å²) < 4.78 is 26.5. The smallest absolute Gasteiger partial charge is 0.240 e. The van der Waals surface area contributed by atoms with Gasteiger partial charge in [0.15, 0.2) is 0 Å². The van der Waals surface area contributed by atoms with Crippen molar-refractivity contribution in [3.05, 3.63) is 24.3 Å². The summed E-state index contributed by atoms with van der Waals surface area (Å²) >= 11 is 0. The highest BCUT2D eigenvalue weighted by Crippen LogP contribution is 2.22. The van der Waals surface area contributed by atoms with Crippen LogP contribution in [-0.2, 0) is 14.8 Å². The van der Waals surface area contributed by atoms with Gasteiger partial charge in [-0.3, -0.25) is 4.79 Å². The van der Waals surface area contributed by atoms with Gasteiger partial charge in [0.1, 0.15) is 0 Å². The van der Waals surface area contributed by atoms with Crippen molar-refractivity contribution >= 4 is 21.6 Å². The lowest BCUT2D eigenvalue weighted by Gasteiger charge is -2.08. The maximum absolute atomic E-state index is 12.0. The second-order valence-corrected chi connectivity index (χ2v) is 7.07. The van der Waals surface area contributed by atoms with E-state index in [0.29, 0.717) is 12.1 Å². The molecule has 1 aromatic carbocycles. The Bertz CT molecular complexity index is 592. The van der Waals surface area contributed by atoms with Crippen LogP contribution in [0.15, 0.2) is 29.2 Å². The number of anilines is 1. The number of nitrogens with one attached hydrogen (secondary N) is 2. The van der Waals surface area contributed by atoms with E-state index in [1.807, 2.05) is 0 Å². The van der Waals surface area contributed by atoms with Crippen LogP contribution in [0.4, 0.5) is 5.69 Å². The molecule has 6 nitrogen and oxygen atoms in total. The molecule has 0 saturated heterocycles. The number of hydrogen-bond acceptors (Lipinski definition) is 4. The summed E-state index contributed by atoms with van der Waals surface area (Å²) in [5, 5.41) is 11.8. The van der Waals surface area contributed by atoms with E-state index in [-0.39, 0.29) is 23.3 Å². The van der Waals surface area contributed by atoms with E-state index in [2.05, 4.69) is 10.0 Å². The van der Waals surface area contributed by atoms with Gasteiger partial charge in [0.2, 0.25) is 15.9 Å². The second kappa shape index (κ2) is 6.55. The van der Waals surface area contributed by atoms with Gasteiger partial charge in [-0.15, -0.1) is 0 Å². The molecule has 116 valence electrons. The van der Waals surface area contributed by atoms with Crippen LogP contribution in [0, 0.1) is 0 Å². The quantitative estimate of drug-likeness (QED) is 0.705. The Morgan fingerprint density at radius 3 is 2.48 bits per heavy atom. The number of rotatable bonds is 7. The standard InChI is InChI=1S/C14H20N2O4S/c1-10(17)2-9-14(18)15-11-5-7-13(8-6-11)21(19,20)16-12-3-4-12/h5-8,10,12,16-17H,2-4,9H2,1H3,(H,15,18). The minimum atomic E-state index is -3.46. The van der Waals surface area contributed by atoms with Crippen LogP contribution in [0.3, 0.4) is 0 Å². The van der Waals surface area contributed by atoms with E-state index in [0.717, 1.165) is 12.8 Å². The molecule has 1 amide bonds. The van der Waals surface area contributed by atoms with Crippen molar-refractivity contribution in [2.45, 2.75) is 49.6 Å². The van der Waals surface area contributed by atoms with Crippen molar-refractivity contribution in [1.82, 2.24) is 4.72 Å². The van der Waals surface area contributed by atoms with E-state index in [9.17, 15) is 13.2 Å². The van der Waals surface area contributed by atoms with Gasteiger partial charge < -0.3 is 10.4 Å². The van der Waals surface area contributed by atoms with Crippen molar-refractivity contribution in [3.63, 3.8) is 0 Å². The van der Waals surface area contributed by atoms with Gasteiger partial charge in [-0.05, 0) is 50.5 Å². The number of benzene rings is 1. The molecule has 1 atom stereocenters. The third-order valence-corrected chi connectivity index (χ3v) is 4.67. The molecule has 3 N–H and O–H groups in total. The Balaban J connectivity index is 1.93. The van der Waals surface area contributed by atoms with Crippen LogP contribution in [0.2, 0.25) is 0 Å². The van der Waals surface area contributed by atoms with E-state index < -0.39 is 16.1 Å². The lowest BCUT2D eigenvalue weighted by Crippen LogP contribution is -2.25. The first-order valence-electron chi connectivity index (χ1n) is 6.97. The Labute approximate surface area is 124 Å². The molecule has 7 heteroatoms. The van der Waals surface area contributed by atoms with Gasteiger partial charge in [0.25, 0.3) is 0 Å². The van der Waals surface area contributed by atoms with Crippen LogP contribution in [-0.4, -0.2) is 31.6 Å². The lowest BCUT2D eigenvalue weighted by molar-refractivity contribution is -0.116. The molecule has 1 unspecified atom stereocenters. The molecular weight excluding hydrogens is 292 g/mol. The summed E-state index contributed by atoms with van der Waals surface area (Å²) in [6.07, 6.45) is 1.87. The molecule has 1 fully saturated rings. The number of aliphatic hydroxyl groups excluding tert-OH is 1. The van der Waals surface area contributed by atoms with Gasteiger partial charge in [0, 0.05) is 18.2 Å². The van der Waals surface area contributed by atoms with Crippen molar-refractivity contribution < 1.29 is 18.3 Å². The highest BCUT2D eigenvalue weighted by atomic mass is 32.2. The molecule has 0 heterocycles. The van der Waals surface area contributed by atoms with Crippen LogP contribution in [0.5, 0.6) is 0 Å².